The molecule has 0 atom stereocenters. The summed E-state index contributed by atoms with van der Waals surface area (Å²) >= 11 is 0. The van der Waals surface area contributed by atoms with Crippen LogP contribution in [0.2, 0.25) is 25.7 Å². The van der Waals surface area contributed by atoms with Crippen molar-refractivity contribution in [2.24, 2.45) is 0 Å². The Morgan fingerprint density at radius 1 is 1.24 bits per heavy atom. The van der Waals surface area contributed by atoms with Crippen molar-refractivity contribution in [3.8, 4) is 0 Å². The van der Waals surface area contributed by atoms with Crippen molar-refractivity contribution in [3.63, 3.8) is 0 Å². The van der Waals surface area contributed by atoms with Crippen LogP contribution in [0, 0.1) is 0 Å². The van der Waals surface area contributed by atoms with Gasteiger partial charge in [-0.1, -0.05) is 19.6 Å². The van der Waals surface area contributed by atoms with Crippen LogP contribution in [0.5, 0.6) is 0 Å². The van der Waals surface area contributed by atoms with Gasteiger partial charge >= 0.3 is 6.09 Å². The summed E-state index contributed by atoms with van der Waals surface area (Å²) in [6.45, 7) is 15.3. The van der Waals surface area contributed by atoms with Crippen molar-refractivity contribution in [2.45, 2.75) is 59.0 Å². The fourth-order valence-electron chi connectivity index (χ4n) is 1.05. The molecule has 102 valence electrons. The highest BCUT2D eigenvalue weighted by Crippen LogP contribution is 2.12. The second-order valence-electron chi connectivity index (χ2n) is 6.32. The Kier molecular flexibility index (Phi) is 6.19. The third-order valence-electron chi connectivity index (χ3n) is 1.98. The molecule has 0 unspecified atom stereocenters. The van der Waals surface area contributed by atoms with E-state index in [9.17, 15) is 4.79 Å². The van der Waals surface area contributed by atoms with E-state index in [2.05, 4.69) is 19.6 Å². The van der Waals surface area contributed by atoms with E-state index in [0.29, 0.717) is 13.2 Å². The summed E-state index contributed by atoms with van der Waals surface area (Å²) in [5.41, 5.74) is -0.480. The van der Waals surface area contributed by atoms with Gasteiger partial charge in [0.1, 0.15) is 5.60 Å². The zero-order valence-electron chi connectivity index (χ0n) is 12.3. The van der Waals surface area contributed by atoms with E-state index in [4.69, 9.17) is 9.57 Å². The zero-order chi connectivity index (χ0) is 13.7. The molecule has 0 heterocycles. The molecule has 17 heavy (non-hydrogen) atoms. The first-order chi connectivity index (χ1) is 7.55. The van der Waals surface area contributed by atoms with E-state index in [0.717, 1.165) is 6.04 Å². The van der Waals surface area contributed by atoms with Crippen LogP contribution in [0.25, 0.3) is 0 Å². The molecule has 0 aliphatic rings. The molecule has 1 amide bonds. The van der Waals surface area contributed by atoms with Gasteiger partial charge in [0.15, 0.2) is 0 Å². The first kappa shape index (κ1) is 16.4. The lowest BCUT2D eigenvalue weighted by Crippen LogP contribution is -2.37. The maximum Gasteiger partial charge on any atom is 0.434 e. The first-order valence-electron chi connectivity index (χ1n) is 6.18. The van der Waals surface area contributed by atoms with Gasteiger partial charge in [-0.25, -0.2) is 4.79 Å². The van der Waals surface area contributed by atoms with Crippen molar-refractivity contribution in [2.75, 3.05) is 13.2 Å². The molecule has 0 radical (unpaired) electrons. The molecule has 0 N–H and O–H groups in total. The van der Waals surface area contributed by atoms with Crippen molar-refractivity contribution < 1.29 is 14.4 Å². The molecule has 0 aromatic heterocycles. The van der Waals surface area contributed by atoms with Gasteiger partial charge in [-0.15, -0.1) is 0 Å². The Balaban J connectivity index is 4.12. The van der Waals surface area contributed by atoms with Crippen LogP contribution in [0.1, 0.15) is 27.7 Å². The molecule has 5 heteroatoms. The highest BCUT2D eigenvalue weighted by atomic mass is 28.3. The number of rotatable bonds is 5. The standard InChI is InChI=1S/C12H27NO3Si/c1-8-13(11(14)16-12(2,3)4)15-9-10-17(5,6)7/h8-10H2,1-7H3. The first-order valence-corrected chi connectivity index (χ1v) is 9.89. The van der Waals surface area contributed by atoms with Gasteiger partial charge in [0.2, 0.25) is 0 Å². The molecule has 0 aliphatic heterocycles. The molecule has 4 nitrogen and oxygen atoms in total. The second kappa shape index (κ2) is 6.40. The van der Waals surface area contributed by atoms with Crippen LogP contribution >= 0.6 is 0 Å². The van der Waals surface area contributed by atoms with Gasteiger partial charge in [-0.05, 0) is 33.7 Å². The number of hydrogen-bond acceptors (Lipinski definition) is 3. The minimum Gasteiger partial charge on any atom is -0.442 e. The summed E-state index contributed by atoms with van der Waals surface area (Å²) in [6, 6.07) is 1.03. The molecule has 0 saturated carbocycles. The molecule has 0 aliphatic carbocycles. The monoisotopic (exact) mass is 261 g/mol. The third-order valence-corrected chi connectivity index (χ3v) is 3.69. The van der Waals surface area contributed by atoms with E-state index in [1.807, 2.05) is 27.7 Å². The minimum absolute atomic E-state index is 0.407. The lowest BCUT2D eigenvalue weighted by Gasteiger charge is -2.26. The lowest BCUT2D eigenvalue weighted by molar-refractivity contribution is -0.140. The predicted molar refractivity (Wildman–Crippen MR) is 72.7 cm³/mol. The summed E-state index contributed by atoms with van der Waals surface area (Å²) in [6.07, 6.45) is -0.407. The fourth-order valence-corrected chi connectivity index (χ4v) is 1.75. The Morgan fingerprint density at radius 3 is 2.12 bits per heavy atom. The molecule has 0 aromatic rings. The molecular weight excluding hydrogens is 234 g/mol. The van der Waals surface area contributed by atoms with E-state index < -0.39 is 19.8 Å². The van der Waals surface area contributed by atoms with Crippen molar-refractivity contribution >= 4 is 14.2 Å². The highest BCUT2D eigenvalue weighted by Gasteiger charge is 2.22. The van der Waals surface area contributed by atoms with E-state index in [1.165, 1.54) is 5.06 Å². The molecular formula is C12H27NO3Si. The summed E-state index contributed by atoms with van der Waals surface area (Å²) in [7, 11) is -1.12. The zero-order valence-corrected chi connectivity index (χ0v) is 13.3. The summed E-state index contributed by atoms with van der Waals surface area (Å²) in [5.74, 6) is 0. The highest BCUT2D eigenvalue weighted by molar-refractivity contribution is 6.76. The minimum atomic E-state index is -1.12. The topological polar surface area (TPSA) is 38.8 Å². The molecule has 0 aromatic carbocycles. The van der Waals surface area contributed by atoms with Gasteiger partial charge < -0.3 is 4.74 Å². The average Bonchev–Trinajstić information content (AvgIpc) is 2.07. The number of hydrogen-bond donors (Lipinski definition) is 0. The fraction of sp³-hybridized carbons (Fsp3) is 0.917. The Hall–Kier alpha value is -0.553. The van der Waals surface area contributed by atoms with Crippen LogP contribution < -0.4 is 0 Å². The molecule has 0 saturated heterocycles. The van der Waals surface area contributed by atoms with Gasteiger partial charge in [0.25, 0.3) is 0 Å². The molecule has 0 bridgehead atoms. The van der Waals surface area contributed by atoms with Gasteiger partial charge in [0, 0.05) is 14.6 Å². The van der Waals surface area contributed by atoms with E-state index in [1.54, 1.807) is 0 Å². The second-order valence-corrected chi connectivity index (χ2v) is 11.9. The Labute approximate surface area is 106 Å². The van der Waals surface area contributed by atoms with Crippen molar-refractivity contribution in [1.82, 2.24) is 5.06 Å². The van der Waals surface area contributed by atoms with E-state index in [-0.39, 0.29) is 0 Å². The summed E-state index contributed by atoms with van der Waals surface area (Å²) < 4.78 is 5.25. The van der Waals surface area contributed by atoms with Crippen molar-refractivity contribution in [1.29, 1.82) is 0 Å². The number of hydroxylamine groups is 2. The van der Waals surface area contributed by atoms with Crippen LogP contribution in [0.4, 0.5) is 4.79 Å². The molecule has 0 rings (SSSR count). The van der Waals surface area contributed by atoms with Crippen LogP contribution in [0.15, 0.2) is 0 Å². The van der Waals surface area contributed by atoms with E-state index >= 15 is 0 Å². The third kappa shape index (κ3) is 9.18. The Morgan fingerprint density at radius 2 is 1.76 bits per heavy atom. The number of carbonyl (C=O) groups is 1. The largest absolute Gasteiger partial charge is 0.442 e. The average molecular weight is 261 g/mol. The van der Waals surface area contributed by atoms with Gasteiger partial charge in [-0.3, -0.25) is 4.84 Å². The quantitative estimate of drug-likeness (QED) is 0.561. The van der Waals surface area contributed by atoms with Crippen molar-refractivity contribution in [3.05, 3.63) is 0 Å². The SMILES string of the molecule is CCN(OCC[Si](C)(C)C)C(=O)OC(C)(C)C. The van der Waals surface area contributed by atoms with Crippen LogP contribution in [-0.2, 0) is 9.57 Å². The van der Waals surface area contributed by atoms with Gasteiger partial charge in [0.05, 0.1) is 6.61 Å². The normalized spacial score (nSPS) is 12.4. The summed E-state index contributed by atoms with van der Waals surface area (Å²) in [4.78, 5) is 17.2. The Bertz CT molecular complexity index is 243. The van der Waals surface area contributed by atoms with Crippen LogP contribution in [0.3, 0.4) is 0 Å². The number of ether oxygens (including phenoxy) is 1. The maximum atomic E-state index is 11.7. The van der Waals surface area contributed by atoms with Gasteiger partial charge in [-0.2, -0.15) is 5.06 Å². The summed E-state index contributed by atoms with van der Waals surface area (Å²) in [5, 5.41) is 1.30. The predicted octanol–water partition coefficient (Wildman–Crippen LogP) is 3.51. The smallest absolute Gasteiger partial charge is 0.434 e. The number of amides is 1. The molecule has 0 spiro atoms. The lowest BCUT2D eigenvalue weighted by atomic mass is 10.2. The van der Waals surface area contributed by atoms with Crippen LogP contribution in [-0.4, -0.2) is 38.0 Å². The maximum absolute atomic E-state index is 11.7. The number of carbonyl (C=O) groups excluding carboxylic acids is 1. The number of nitrogens with zero attached hydrogens (tertiary/aromatic N) is 1. The molecule has 0 fully saturated rings.